The maximum Gasteiger partial charge on any atom is 0.329 e. The summed E-state index contributed by atoms with van der Waals surface area (Å²) in [4.78, 5) is 49.9. The van der Waals surface area contributed by atoms with Gasteiger partial charge in [0.05, 0.1) is 21.7 Å². The number of hydrogen-bond donors (Lipinski definition) is 2. The van der Waals surface area contributed by atoms with Crippen molar-refractivity contribution in [2.75, 3.05) is 6.54 Å². The third kappa shape index (κ3) is 4.81. The van der Waals surface area contributed by atoms with Crippen molar-refractivity contribution in [2.24, 2.45) is 0 Å². The SMILES string of the molecule is CCCn1c(=O)[nH]c(=O)c2c(C(=O)NCCc3ccc(-c4csc(C)n4)cc3)cc(C3CC3)nc21. The first-order valence-corrected chi connectivity index (χ1v) is 12.8. The highest BCUT2D eigenvalue weighted by Crippen LogP contribution is 2.39. The van der Waals surface area contributed by atoms with E-state index in [1.807, 2.05) is 43.5 Å². The number of carbonyl (C=O) groups is 1. The minimum Gasteiger partial charge on any atom is -0.352 e. The number of rotatable bonds is 8. The van der Waals surface area contributed by atoms with Crippen molar-refractivity contribution < 1.29 is 4.79 Å². The summed E-state index contributed by atoms with van der Waals surface area (Å²) in [6, 6.07) is 9.87. The van der Waals surface area contributed by atoms with Crippen molar-refractivity contribution in [1.82, 2.24) is 24.8 Å². The molecule has 180 valence electrons. The molecule has 1 saturated carbocycles. The van der Waals surface area contributed by atoms with E-state index in [0.29, 0.717) is 31.6 Å². The van der Waals surface area contributed by atoms with Gasteiger partial charge in [-0.2, -0.15) is 0 Å². The quantitative estimate of drug-likeness (QED) is 0.391. The normalized spacial score (nSPS) is 13.3. The Balaban J connectivity index is 1.37. The van der Waals surface area contributed by atoms with E-state index in [1.54, 1.807) is 17.4 Å². The zero-order valence-corrected chi connectivity index (χ0v) is 20.6. The Labute approximate surface area is 206 Å². The number of hydrogen-bond acceptors (Lipinski definition) is 6. The predicted octanol–water partition coefficient (Wildman–Crippen LogP) is 3.78. The predicted molar refractivity (Wildman–Crippen MR) is 137 cm³/mol. The number of aryl methyl sites for hydroxylation is 2. The number of pyridine rings is 1. The van der Waals surface area contributed by atoms with Crippen LogP contribution in [-0.4, -0.2) is 32.0 Å². The van der Waals surface area contributed by atoms with E-state index >= 15 is 0 Å². The lowest BCUT2D eigenvalue weighted by molar-refractivity contribution is 0.0955. The first-order chi connectivity index (χ1) is 16.9. The van der Waals surface area contributed by atoms with E-state index in [9.17, 15) is 14.4 Å². The van der Waals surface area contributed by atoms with E-state index in [2.05, 4.69) is 20.3 Å². The average Bonchev–Trinajstić information content (AvgIpc) is 3.61. The molecule has 0 unspecified atom stereocenters. The van der Waals surface area contributed by atoms with E-state index in [1.165, 1.54) is 4.57 Å². The maximum atomic E-state index is 13.2. The van der Waals surface area contributed by atoms with E-state index in [4.69, 9.17) is 0 Å². The van der Waals surface area contributed by atoms with E-state index in [-0.39, 0.29) is 22.8 Å². The number of fused-ring (bicyclic) bond motifs is 1. The Bertz CT molecular complexity index is 1510. The molecule has 5 rings (SSSR count). The number of aromatic amines is 1. The summed E-state index contributed by atoms with van der Waals surface area (Å²) >= 11 is 1.62. The van der Waals surface area contributed by atoms with Crippen LogP contribution in [0.1, 0.15) is 58.7 Å². The monoisotopic (exact) mass is 489 g/mol. The van der Waals surface area contributed by atoms with Crippen molar-refractivity contribution in [3.05, 3.63) is 78.4 Å². The van der Waals surface area contributed by atoms with Gasteiger partial charge in [0.2, 0.25) is 0 Å². The van der Waals surface area contributed by atoms with Crippen molar-refractivity contribution in [3.8, 4) is 11.3 Å². The summed E-state index contributed by atoms with van der Waals surface area (Å²) in [7, 11) is 0. The van der Waals surface area contributed by atoms with E-state index in [0.717, 1.165) is 40.4 Å². The summed E-state index contributed by atoms with van der Waals surface area (Å²) in [6.07, 6.45) is 3.35. The Morgan fingerprint density at radius 2 is 1.97 bits per heavy atom. The molecule has 3 heterocycles. The molecule has 2 N–H and O–H groups in total. The number of thiazole rings is 1. The zero-order valence-electron chi connectivity index (χ0n) is 19.8. The smallest absolute Gasteiger partial charge is 0.329 e. The highest BCUT2D eigenvalue weighted by Gasteiger charge is 2.28. The largest absolute Gasteiger partial charge is 0.352 e. The summed E-state index contributed by atoms with van der Waals surface area (Å²) in [5.41, 5.74) is 3.39. The fourth-order valence-electron chi connectivity index (χ4n) is 4.25. The Kier molecular flexibility index (Phi) is 6.34. The van der Waals surface area contributed by atoms with Crippen LogP contribution in [-0.2, 0) is 13.0 Å². The third-order valence-corrected chi connectivity index (χ3v) is 7.00. The van der Waals surface area contributed by atoms with Crippen molar-refractivity contribution in [3.63, 3.8) is 0 Å². The maximum absolute atomic E-state index is 13.2. The second kappa shape index (κ2) is 9.58. The molecule has 8 nitrogen and oxygen atoms in total. The molecule has 0 aliphatic heterocycles. The Morgan fingerprint density at radius 1 is 1.20 bits per heavy atom. The lowest BCUT2D eigenvalue weighted by atomic mass is 10.1. The summed E-state index contributed by atoms with van der Waals surface area (Å²) < 4.78 is 1.46. The average molecular weight is 490 g/mol. The van der Waals surface area contributed by atoms with Gasteiger partial charge < -0.3 is 5.32 Å². The lowest BCUT2D eigenvalue weighted by Crippen LogP contribution is -2.34. The molecular formula is C26H27N5O3S. The molecule has 0 saturated heterocycles. The van der Waals surface area contributed by atoms with Crippen LogP contribution in [0, 0.1) is 6.92 Å². The minimum absolute atomic E-state index is 0.169. The standard InChI is InChI=1S/C26H27N5O3S/c1-3-12-31-23-22(25(33)30-26(31)34)19(13-20(29-23)17-8-9-17)24(32)27-11-10-16-4-6-18(7-5-16)21-14-35-15(2)28-21/h4-7,13-14,17H,3,8-12H2,1-2H3,(H,27,32)(H,30,33,34). The number of H-pyrrole nitrogens is 1. The lowest BCUT2D eigenvalue weighted by Gasteiger charge is -2.13. The van der Waals surface area contributed by atoms with Gasteiger partial charge in [0.25, 0.3) is 11.5 Å². The van der Waals surface area contributed by atoms with Crippen LogP contribution in [0.3, 0.4) is 0 Å². The number of benzene rings is 1. The third-order valence-electron chi connectivity index (χ3n) is 6.22. The highest BCUT2D eigenvalue weighted by molar-refractivity contribution is 7.09. The van der Waals surface area contributed by atoms with Crippen LogP contribution in [0.5, 0.6) is 0 Å². The number of aromatic nitrogens is 4. The second-order valence-corrected chi connectivity index (χ2v) is 10.00. The topological polar surface area (TPSA) is 110 Å². The summed E-state index contributed by atoms with van der Waals surface area (Å²) in [5.74, 6) is -0.0588. The molecule has 0 spiro atoms. The molecule has 0 atom stereocenters. The first-order valence-electron chi connectivity index (χ1n) is 11.9. The number of carbonyl (C=O) groups excluding carboxylic acids is 1. The Hall–Kier alpha value is -3.59. The number of nitrogens with one attached hydrogen (secondary N) is 2. The van der Waals surface area contributed by atoms with Gasteiger partial charge in [-0.15, -0.1) is 11.3 Å². The molecule has 1 aliphatic rings. The summed E-state index contributed by atoms with van der Waals surface area (Å²) in [5, 5.41) is 6.20. The summed E-state index contributed by atoms with van der Waals surface area (Å²) in [6.45, 7) is 4.78. The van der Waals surface area contributed by atoms with Gasteiger partial charge in [-0.05, 0) is 44.2 Å². The molecule has 4 aromatic rings. The van der Waals surface area contributed by atoms with Crippen LogP contribution >= 0.6 is 11.3 Å². The van der Waals surface area contributed by atoms with Gasteiger partial charge in [0, 0.05) is 35.6 Å². The van der Waals surface area contributed by atoms with Gasteiger partial charge in [-0.3, -0.25) is 19.1 Å². The molecule has 0 bridgehead atoms. The zero-order chi connectivity index (χ0) is 24.5. The van der Waals surface area contributed by atoms with Gasteiger partial charge >= 0.3 is 5.69 Å². The number of amides is 1. The van der Waals surface area contributed by atoms with Crippen LogP contribution in [0.25, 0.3) is 22.3 Å². The molecule has 35 heavy (non-hydrogen) atoms. The molecule has 1 fully saturated rings. The van der Waals surface area contributed by atoms with Crippen LogP contribution in [0.4, 0.5) is 0 Å². The van der Waals surface area contributed by atoms with Crippen LogP contribution in [0.2, 0.25) is 0 Å². The van der Waals surface area contributed by atoms with Crippen molar-refractivity contribution in [2.45, 2.75) is 52.0 Å². The van der Waals surface area contributed by atoms with Gasteiger partial charge in [0.15, 0.2) is 5.65 Å². The molecule has 9 heteroatoms. The molecular weight excluding hydrogens is 462 g/mol. The molecule has 1 amide bonds. The van der Waals surface area contributed by atoms with Crippen LogP contribution < -0.4 is 16.6 Å². The molecule has 1 aromatic carbocycles. The van der Waals surface area contributed by atoms with Gasteiger partial charge in [-0.25, -0.2) is 14.8 Å². The van der Waals surface area contributed by atoms with Crippen molar-refractivity contribution >= 4 is 28.3 Å². The van der Waals surface area contributed by atoms with Gasteiger partial charge in [-0.1, -0.05) is 31.2 Å². The van der Waals surface area contributed by atoms with E-state index < -0.39 is 11.2 Å². The van der Waals surface area contributed by atoms with Gasteiger partial charge in [0.1, 0.15) is 0 Å². The van der Waals surface area contributed by atoms with Crippen molar-refractivity contribution in [1.29, 1.82) is 0 Å². The Morgan fingerprint density at radius 3 is 2.63 bits per heavy atom. The second-order valence-electron chi connectivity index (χ2n) is 8.93. The number of nitrogens with zero attached hydrogens (tertiary/aromatic N) is 3. The molecule has 1 aliphatic carbocycles. The highest BCUT2D eigenvalue weighted by atomic mass is 32.1. The fraction of sp³-hybridized carbons (Fsp3) is 0.346. The molecule has 0 radical (unpaired) electrons. The fourth-order valence-corrected chi connectivity index (χ4v) is 4.87. The molecule has 3 aromatic heterocycles. The first kappa shape index (κ1) is 23.2. The minimum atomic E-state index is -0.579. The van der Waals surface area contributed by atoms with Crippen LogP contribution in [0.15, 0.2) is 45.3 Å².